The summed E-state index contributed by atoms with van der Waals surface area (Å²) in [5.74, 6) is 0.228. The van der Waals surface area contributed by atoms with Gasteiger partial charge in [-0.05, 0) is 33.2 Å². The molecule has 1 aliphatic rings. The van der Waals surface area contributed by atoms with Crippen molar-refractivity contribution in [2.75, 3.05) is 26.8 Å². The lowest BCUT2D eigenvalue weighted by Crippen LogP contribution is -2.52. The van der Waals surface area contributed by atoms with E-state index in [1.54, 1.807) is 7.11 Å². The minimum Gasteiger partial charge on any atom is -0.383 e. The van der Waals surface area contributed by atoms with Crippen molar-refractivity contribution in [3.8, 4) is 0 Å². The summed E-state index contributed by atoms with van der Waals surface area (Å²) in [6.07, 6.45) is 3.30. The molecule has 1 saturated heterocycles. The SMILES string of the molecule is CCN(C(=O)[C@H]1CCCCN1)C(C)COC. The quantitative estimate of drug-likeness (QED) is 0.763. The first-order valence-electron chi connectivity index (χ1n) is 6.23. The molecule has 0 radical (unpaired) electrons. The number of piperidine rings is 1. The Morgan fingerprint density at radius 3 is 2.81 bits per heavy atom. The van der Waals surface area contributed by atoms with E-state index >= 15 is 0 Å². The van der Waals surface area contributed by atoms with Crippen LogP contribution in [0.2, 0.25) is 0 Å². The predicted molar refractivity (Wildman–Crippen MR) is 64.4 cm³/mol. The van der Waals surface area contributed by atoms with Crippen LogP contribution in [-0.2, 0) is 9.53 Å². The zero-order valence-electron chi connectivity index (χ0n) is 10.7. The van der Waals surface area contributed by atoms with Gasteiger partial charge < -0.3 is 15.0 Å². The molecule has 1 heterocycles. The third-order valence-corrected chi connectivity index (χ3v) is 3.17. The molecule has 0 aromatic carbocycles. The van der Waals surface area contributed by atoms with Crippen LogP contribution in [-0.4, -0.2) is 49.7 Å². The van der Waals surface area contributed by atoms with E-state index in [9.17, 15) is 4.79 Å². The molecule has 1 rings (SSSR count). The van der Waals surface area contributed by atoms with Crippen LogP contribution < -0.4 is 5.32 Å². The molecule has 0 saturated carbocycles. The standard InChI is InChI=1S/C12H24N2O2/c1-4-14(10(2)9-16-3)12(15)11-7-5-6-8-13-11/h10-11,13H,4-9H2,1-3H3/t10?,11-/m1/s1. The summed E-state index contributed by atoms with van der Waals surface area (Å²) in [5, 5.41) is 3.30. The Morgan fingerprint density at radius 1 is 1.56 bits per heavy atom. The predicted octanol–water partition coefficient (Wildman–Crippen LogP) is 1.01. The first-order valence-corrected chi connectivity index (χ1v) is 6.23. The van der Waals surface area contributed by atoms with Crippen LogP contribution in [0.4, 0.5) is 0 Å². The van der Waals surface area contributed by atoms with Crippen LogP contribution in [0.1, 0.15) is 33.1 Å². The van der Waals surface area contributed by atoms with Crippen LogP contribution in [0.15, 0.2) is 0 Å². The number of amides is 1. The van der Waals surface area contributed by atoms with E-state index in [1.807, 2.05) is 18.7 Å². The maximum absolute atomic E-state index is 12.3. The molecule has 0 aromatic heterocycles. The van der Waals surface area contributed by atoms with Crippen molar-refractivity contribution in [2.45, 2.75) is 45.2 Å². The number of carbonyl (C=O) groups is 1. The third-order valence-electron chi connectivity index (χ3n) is 3.17. The highest BCUT2D eigenvalue weighted by Crippen LogP contribution is 2.11. The molecule has 1 aliphatic heterocycles. The number of methoxy groups -OCH3 is 1. The molecule has 0 aliphatic carbocycles. The van der Waals surface area contributed by atoms with Gasteiger partial charge in [-0.25, -0.2) is 0 Å². The fourth-order valence-electron chi connectivity index (χ4n) is 2.28. The van der Waals surface area contributed by atoms with Gasteiger partial charge in [-0.2, -0.15) is 0 Å². The molecular formula is C12H24N2O2. The number of hydrogen-bond acceptors (Lipinski definition) is 3. The van der Waals surface area contributed by atoms with Crippen molar-refractivity contribution >= 4 is 5.91 Å². The van der Waals surface area contributed by atoms with Crippen molar-refractivity contribution < 1.29 is 9.53 Å². The Labute approximate surface area is 98.3 Å². The van der Waals surface area contributed by atoms with Crippen molar-refractivity contribution in [3.63, 3.8) is 0 Å². The van der Waals surface area contributed by atoms with Crippen LogP contribution in [0.25, 0.3) is 0 Å². The zero-order valence-corrected chi connectivity index (χ0v) is 10.7. The summed E-state index contributed by atoms with van der Waals surface area (Å²) in [7, 11) is 1.67. The molecule has 0 bridgehead atoms. The second kappa shape index (κ2) is 6.86. The third kappa shape index (κ3) is 3.46. The molecule has 2 atom stereocenters. The van der Waals surface area contributed by atoms with Crippen molar-refractivity contribution in [3.05, 3.63) is 0 Å². The van der Waals surface area contributed by atoms with Crippen LogP contribution in [0, 0.1) is 0 Å². The van der Waals surface area contributed by atoms with Gasteiger partial charge in [-0.1, -0.05) is 6.42 Å². The zero-order chi connectivity index (χ0) is 12.0. The Kier molecular flexibility index (Phi) is 5.77. The molecule has 94 valence electrons. The lowest BCUT2D eigenvalue weighted by atomic mass is 10.0. The van der Waals surface area contributed by atoms with E-state index in [2.05, 4.69) is 5.32 Å². The van der Waals surface area contributed by atoms with E-state index in [0.717, 1.165) is 25.9 Å². The van der Waals surface area contributed by atoms with E-state index in [-0.39, 0.29) is 18.0 Å². The minimum atomic E-state index is 0.0213. The molecule has 1 amide bonds. The molecule has 16 heavy (non-hydrogen) atoms. The van der Waals surface area contributed by atoms with Crippen LogP contribution in [0.5, 0.6) is 0 Å². The van der Waals surface area contributed by atoms with Gasteiger partial charge in [0.2, 0.25) is 5.91 Å². The normalized spacial score (nSPS) is 22.8. The molecule has 0 spiro atoms. The smallest absolute Gasteiger partial charge is 0.240 e. The molecule has 4 heteroatoms. The molecule has 1 unspecified atom stereocenters. The minimum absolute atomic E-state index is 0.0213. The molecule has 1 N–H and O–H groups in total. The monoisotopic (exact) mass is 228 g/mol. The fourth-order valence-corrected chi connectivity index (χ4v) is 2.28. The fraction of sp³-hybridized carbons (Fsp3) is 0.917. The Balaban J connectivity index is 2.53. The lowest BCUT2D eigenvalue weighted by Gasteiger charge is -2.33. The second-order valence-electron chi connectivity index (χ2n) is 4.43. The Hall–Kier alpha value is -0.610. The molecule has 0 aromatic rings. The summed E-state index contributed by atoms with van der Waals surface area (Å²) in [5.41, 5.74) is 0. The van der Waals surface area contributed by atoms with Crippen LogP contribution in [0.3, 0.4) is 0 Å². The van der Waals surface area contributed by atoms with Gasteiger partial charge in [0.1, 0.15) is 0 Å². The molecular weight excluding hydrogens is 204 g/mol. The maximum atomic E-state index is 12.3. The lowest BCUT2D eigenvalue weighted by molar-refractivity contribution is -0.136. The first-order chi connectivity index (χ1) is 7.70. The Morgan fingerprint density at radius 2 is 2.31 bits per heavy atom. The highest BCUT2D eigenvalue weighted by molar-refractivity contribution is 5.82. The average molecular weight is 228 g/mol. The summed E-state index contributed by atoms with van der Waals surface area (Å²) >= 11 is 0. The largest absolute Gasteiger partial charge is 0.383 e. The van der Waals surface area contributed by atoms with E-state index in [1.165, 1.54) is 6.42 Å². The van der Waals surface area contributed by atoms with E-state index in [0.29, 0.717) is 6.61 Å². The van der Waals surface area contributed by atoms with Gasteiger partial charge in [0.15, 0.2) is 0 Å². The molecule has 1 fully saturated rings. The van der Waals surface area contributed by atoms with Gasteiger partial charge in [0.05, 0.1) is 18.7 Å². The highest BCUT2D eigenvalue weighted by Gasteiger charge is 2.27. The summed E-state index contributed by atoms with van der Waals surface area (Å²) in [4.78, 5) is 14.2. The molecule has 4 nitrogen and oxygen atoms in total. The number of hydrogen-bond donors (Lipinski definition) is 1. The number of nitrogens with one attached hydrogen (secondary N) is 1. The van der Waals surface area contributed by atoms with Gasteiger partial charge in [0, 0.05) is 13.7 Å². The van der Waals surface area contributed by atoms with Crippen molar-refractivity contribution in [1.29, 1.82) is 0 Å². The Bertz CT molecular complexity index is 215. The van der Waals surface area contributed by atoms with Crippen molar-refractivity contribution in [2.24, 2.45) is 0 Å². The summed E-state index contributed by atoms with van der Waals surface area (Å²) < 4.78 is 5.11. The van der Waals surface area contributed by atoms with Gasteiger partial charge in [-0.3, -0.25) is 4.79 Å². The number of nitrogens with zero attached hydrogens (tertiary/aromatic N) is 1. The average Bonchev–Trinajstić information content (AvgIpc) is 2.31. The van der Waals surface area contributed by atoms with E-state index in [4.69, 9.17) is 4.74 Å². The van der Waals surface area contributed by atoms with Gasteiger partial charge >= 0.3 is 0 Å². The topological polar surface area (TPSA) is 41.6 Å². The summed E-state index contributed by atoms with van der Waals surface area (Å²) in [6, 6.07) is 0.180. The maximum Gasteiger partial charge on any atom is 0.240 e. The van der Waals surface area contributed by atoms with E-state index < -0.39 is 0 Å². The van der Waals surface area contributed by atoms with Crippen molar-refractivity contribution in [1.82, 2.24) is 10.2 Å². The second-order valence-corrected chi connectivity index (χ2v) is 4.43. The van der Waals surface area contributed by atoms with Gasteiger partial charge in [0.25, 0.3) is 0 Å². The number of rotatable bonds is 5. The summed E-state index contributed by atoms with van der Waals surface area (Å²) in [6.45, 7) is 6.38. The number of ether oxygens (including phenoxy) is 1. The first kappa shape index (κ1) is 13.5. The van der Waals surface area contributed by atoms with Gasteiger partial charge in [-0.15, -0.1) is 0 Å². The number of carbonyl (C=O) groups excluding carboxylic acids is 1. The highest BCUT2D eigenvalue weighted by atomic mass is 16.5. The van der Waals surface area contributed by atoms with Crippen LogP contribution >= 0.6 is 0 Å². The number of likely N-dealkylation sites (N-methyl/N-ethyl adjacent to an activating group) is 1.